The summed E-state index contributed by atoms with van der Waals surface area (Å²) < 4.78 is 5.56. The lowest BCUT2D eigenvalue weighted by atomic mass is 10.1. The molecule has 0 fully saturated rings. The first-order valence-electron chi connectivity index (χ1n) is 7.20. The molecule has 0 atom stereocenters. The minimum Gasteiger partial charge on any atom is -0.494 e. The SMILES string of the molecule is CCOc1ccccc1CNC(=O)c1ccc2cn[nH]c2c1. The molecule has 1 aromatic heterocycles. The fourth-order valence-corrected chi connectivity index (χ4v) is 2.30. The number of benzene rings is 2. The summed E-state index contributed by atoms with van der Waals surface area (Å²) in [5, 5.41) is 10.7. The van der Waals surface area contributed by atoms with E-state index in [1.807, 2.05) is 37.3 Å². The number of carbonyl (C=O) groups is 1. The van der Waals surface area contributed by atoms with Crippen molar-refractivity contribution >= 4 is 16.8 Å². The van der Waals surface area contributed by atoms with E-state index in [-0.39, 0.29) is 5.91 Å². The maximum absolute atomic E-state index is 12.3. The zero-order chi connectivity index (χ0) is 15.4. The number of hydrogen-bond donors (Lipinski definition) is 2. The number of rotatable bonds is 5. The smallest absolute Gasteiger partial charge is 0.251 e. The van der Waals surface area contributed by atoms with E-state index < -0.39 is 0 Å². The number of aromatic amines is 1. The summed E-state index contributed by atoms with van der Waals surface area (Å²) in [5.41, 5.74) is 2.41. The Balaban J connectivity index is 1.72. The average molecular weight is 295 g/mol. The van der Waals surface area contributed by atoms with E-state index in [4.69, 9.17) is 4.74 Å². The zero-order valence-corrected chi connectivity index (χ0v) is 12.3. The molecule has 0 saturated heterocycles. The summed E-state index contributed by atoms with van der Waals surface area (Å²) in [6, 6.07) is 13.2. The number of fused-ring (bicyclic) bond motifs is 1. The van der Waals surface area contributed by atoms with Crippen LogP contribution < -0.4 is 10.1 Å². The molecule has 0 aliphatic carbocycles. The zero-order valence-electron chi connectivity index (χ0n) is 12.3. The highest BCUT2D eigenvalue weighted by atomic mass is 16.5. The number of H-pyrrole nitrogens is 1. The van der Waals surface area contributed by atoms with E-state index >= 15 is 0 Å². The van der Waals surface area contributed by atoms with Crippen LogP contribution in [0, 0.1) is 0 Å². The molecule has 0 bridgehead atoms. The third-order valence-corrected chi connectivity index (χ3v) is 3.42. The average Bonchev–Trinajstić information content (AvgIpc) is 3.01. The molecule has 0 aliphatic heterocycles. The van der Waals surface area contributed by atoms with Gasteiger partial charge in [0, 0.05) is 23.1 Å². The molecule has 1 amide bonds. The predicted octanol–water partition coefficient (Wildman–Crippen LogP) is 2.89. The minimum atomic E-state index is -0.122. The first-order valence-corrected chi connectivity index (χ1v) is 7.20. The Bertz CT molecular complexity index is 795. The first kappa shape index (κ1) is 14.1. The van der Waals surface area contributed by atoms with E-state index in [0.717, 1.165) is 22.2 Å². The number of ether oxygens (including phenoxy) is 1. The molecule has 5 heteroatoms. The van der Waals surface area contributed by atoms with Crippen LogP contribution in [-0.2, 0) is 6.54 Å². The van der Waals surface area contributed by atoms with Crippen LogP contribution in [0.2, 0.25) is 0 Å². The van der Waals surface area contributed by atoms with Gasteiger partial charge in [-0.15, -0.1) is 0 Å². The third-order valence-electron chi connectivity index (χ3n) is 3.42. The minimum absolute atomic E-state index is 0.122. The van der Waals surface area contributed by atoms with Gasteiger partial charge in [-0.1, -0.05) is 24.3 Å². The van der Waals surface area contributed by atoms with E-state index in [1.54, 1.807) is 18.3 Å². The summed E-state index contributed by atoms with van der Waals surface area (Å²) in [6.45, 7) is 2.96. The van der Waals surface area contributed by atoms with Crippen LogP contribution in [-0.4, -0.2) is 22.7 Å². The molecule has 2 aromatic carbocycles. The van der Waals surface area contributed by atoms with E-state index in [2.05, 4.69) is 15.5 Å². The van der Waals surface area contributed by atoms with Crippen LogP contribution in [0.1, 0.15) is 22.8 Å². The molecule has 2 N–H and O–H groups in total. The lowest BCUT2D eigenvalue weighted by Crippen LogP contribution is -2.23. The number of nitrogens with one attached hydrogen (secondary N) is 2. The van der Waals surface area contributed by atoms with Crippen molar-refractivity contribution < 1.29 is 9.53 Å². The van der Waals surface area contributed by atoms with Crippen LogP contribution in [0.5, 0.6) is 5.75 Å². The van der Waals surface area contributed by atoms with Crippen molar-refractivity contribution in [2.45, 2.75) is 13.5 Å². The second-order valence-corrected chi connectivity index (χ2v) is 4.90. The Labute approximate surface area is 128 Å². The van der Waals surface area contributed by atoms with Crippen molar-refractivity contribution in [1.82, 2.24) is 15.5 Å². The third kappa shape index (κ3) is 2.93. The number of aromatic nitrogens is 2. The van der Waals surface area contributed by atoms with Gasteiger partial charge in [-0.2, -0.15) is 5.10 Å². The highest BCUT2D eigenvalue weighted by molar-refractivity contribution is 5.97. The molecule has 3 rings (SSSR count). The Kier molecular flexibility index (Phi) is 4.05. The first-order chi connectivity index (χ1) is 10.8. The number of para-hydroxylation sites is 1. The van der Waals surface area contributed by atoms with Crippen LogP contribution in [0.4, 0.5) is 0 Å². The van der Waals surface area contributed by atoms with E-state index in [1.165, 1.54) is 0 Å². The Hall–Kier alpha value is -2.82. The molecule has 1 heterocycles. The number of carbonyl (C=O) groups excluding carboxylic acids is 1. The molecule has 5 nitrogen and oxygen atoms in total. The second-order valence-electron chi connectivity index (χ2n) is 4.90. The van der Waals surface area contributed by atoms with E-state index in [9.17, 15) is 4.79 Å². The maximum atomic E-state index is 12.3. The highest BCUT2D eigenvalue weighted by Gasteiger charge is 2.09. The van der Waals surface area contributed by atoms with Crippen molar-refractivity contribution in [3.05, 3.63) is 59.8 Å². The predicted molar refractivity (Wildman–Crippen MR) is 84.9 cm³/mol. The molecule has 0 spiro atoms. The summed E-state index contributed by atoms with van der Waals surface area (Å²) >= 11 is 0. The summed E-state index contributed by atoms with van der Waals surface area (Å²) in [6.07, 6.45) is 1.73. The number of amides is 1. The van der Waals surface area contributed by atoms with Crippen molar-refractivity contribution in [1.29, 1.82) is 0 Å². The standard InChI is InChI=1S/C17H17N3O2/c1-2-22-16-6-4-3-5-14(16)10-18-17(21)12-7-8-13-11-19-20-15(13)9-12/h3-9,11H,2,10H2,1H3,(H,18,21)(H,19,20). The Morgan fingerprint density at radius 1 is 1.27 bits per heavy atom. The largest absolute Gasteiger partial charge is 0.494 e. The monoisotopic (exact) mass is 295 g/mol. The number of hydrogen-bond acceptors (Lipinski definition) is 3. The summed E-state index contributed by atoms with van der Waals surface area (Å²) in [5.74, 6) is 0.678. The van der Waals surface area contributed by atoms with Gasteiger partial charge >= 0.3 is 0 Å². The van der Waals surface area contributed by atoms with Crippen molar-refractivity contribution in [2.75, 3.05) is 6.61 Å². The van der Waals surface area contributed by atoms with Gasteiger partial charge in [-0.25, -0.2) is 0 Å². The molecule has 112 valence electrons. The lowest BCUT2D eigenvalue weighted by molar-refractivity contribution is 0.0951. The topological polar surface area (TPSA) is 67.0 Å². The van der Waals surface area contributed by atoms with E-state index in [0.29, 0.717) is 18.7 Å². The van der Waals surface area contributed by atoms with Crippen LogP contribution in [0.25, 0.3) is 10.9 Å². The fraction of sp³-hybridized carbons (Fsp3) is 0.176. The van der Waals surface area contributed by atoms with Gasteiger partial charge < -0.3 is 10.1 Å². The van der Waals surface area contributed by atoms with Crippen LogP contribution in [0.3, 0.4) is 0 Å². The molecule has 3 aromatic rings. The van der Waals surface area contributed by atoms with Gasteiger partial charge in [-0.05, 0) is 25.1 Å². The molecule has 0 aliphatic rings. The van der Waals surface area contributed by atoms with Gasteiger partial charge in [-0.3, -0.25) is 9.89 Å². The van der Waals surface area contributed by atoms with Crippen molar-refractivity contribution in [2.24, 2.45) is 0 Å². The van der Waals surface area contributed by atoms with Crippen LogP contribution >= 0.6 is 0 Å². The maximum Gasteiger partial charge on any atom is 0.251 e. The highest BCUT2D eigenvalue weighted by Crippen LogP contribution is 2.18. The molecular weight excluding hydrogens is 278 g/mol. The molecule has 0 saturated carbocycles. The summed E-state index contributed by atoms with van der Waals surface area (Å²) in [7, 11) is 0. The van der Waals surface area contributed by atoms with Crippen LogP contribution in [0.15, 0.2) is 48.7 Å². The lowest BCUT2D eigenvalue weighted by Gasteiger charge is -2.11. The van der Waals surface area contributed by atoms with Gasteiger partial charge in [0.05, 0.1) is 18.3 Å². The number of nitrogens with zero attached hydrogens (tertiary/aromatic N) is 1. The van der Waals surface area contributed by atoms with Gasteiger partial charge in [0.1, 0.15) is 5.75 Å². The van der Waals surface area contributed by atoms with Crippen molar-refractivity contribution in [3.63, 3.8) is 0 Å². The van der Waals surface area contributed by atoms with Gasteiger partial charge in [0.15, 0.2) is 0 Å². The second kappa shape index (κ2) is 6.30. The Morgan fingerprint density at radius 2 is 2.14 bits per heavy atom. The molecule has 0 unspecified atom stereocenters. The molecule has 0 radical (unpaired) electrons. The van der Waals surface area contributed by atoms with Gasteiger partial charge in [0.25, 0.3) is 5.91 Å². The molecular formula is C17H17N3O2. The quantitative estimate of drug-likeness (QED) is 0.760. The Morgan fingerprint density at radius 3 is 3.00 bits per heavy atom. The van der Waals surface area contributed by atoms with Gasteiger partial charge in [0.2, 0.25) is 0 Å². The van der Waals surface area contributed by atoms with Crippen molar-refractivity contribution in [3.8, 4) is 5.75 Å². The fourth-order valence-electron chi connectivity index (χ4n) is 2.30. The summed E-state index contributed by atoms with van der Waals surface area (Å²) in [4.78, 5) is 12.3. The molecule has 22 heavy (non-hydrogen) atoms. The normalized spacial score (nSPS) is 10.6.